The number of rotatable bonds is 2. The van der Waals surface area contributed by atoms with Crippen molar-refractivity contribution in [1.29, 1.82) is 0 Å². The van der Waals surface area contributed by atoms with Crippen LogP contribution in [-0.4, -0.2) is 14.1 Å². The van der Waals surface area contributed by atoms with Gasteiger partial charge in [-0.15, -0.1) is 11.3 Å². The first-order chi connectivity index (χ1) is 19.4. The van der Waals surface area contributed by atoms with Gasteiger partial charge in [0.05, 0.1) is 37.8 Å². The standard InChI is InChI=1S/C35H21N3S/c1-2-10-22(11-3-1)37-29-16-8-6-14-26(29)32-24-12-4-5-13-25(24)34-33(35(32)37)27-15-7-9-17-30(27)38(34)23-18-19-28-31(20-23)39-21-36-28/h1-21H. The van der Waals surface area contributed by atoms with Gasteiger partial charge in [0.2, 0.25) is 0 Å². The molecule has 0 aliphatic heterocycles. The number of hydrogen-bond donors (Lipinski definition) is 0. The first-order valence-corrected chi connectivity index (χ1v) is 14.0. The molecule has 4 heteroatoms. The quantitative estimate of drug-likeness (QED) is 0.225. The van der Waals surface area contributed by atoms with Crippen molar-refractivity contribution in [2.45, 2.75) is 0 Å². The maximum atomic E-state index is 4.53. The van der Waals surface area contributed by atoms with Gasteiger partial charge in [0, 0.05) is 38.3 Å². The highest BCUT2D eigenvalue weighted by Crippen LogP contribution is 2.46. The molecule has 0 radical (unpaired) electrons. The van der Waals surface area contributed by atoms with Crippen LogP contribution in [0.1, 0.15) is 0 Å². The van der Waals surface area contributed by atoms with Gasteiger partial charge >= 0.3 is 0 Å². The highest BCUT2D eigenvalue weighted by molar-refractivity contribution is 7.16. The van der Waals surface area contributed by atoms with Crippen molar-refractivity contribution in [3.63, 3.8) is 0 Å². The molecule has 9 rings (SSSR count). The molecule has 3 nitrogen and oxygen atoms in total. The normalized spacial score (nSPS) is 12.1. The van der Waals surface area contributed by atoms with Crippen molar-refractivity contribution in [1.82, 2.24) is 14.1 Å². The minimum absolute atomic E-state index is 1.04. The van der Waals surface area contributed by atoms with Crippen molar-refractivity contribution in [2.75, 3.05) is 0 Å². The van der Waals surface area contributed by atoms with E-state index in [0.717, 1.165) is 11.2 Å². The molecular weight excluding hydrogens is 494 g/mol. The molecule has 0 bridgehead atoms. The summed E-state index contributed by atoms with van der Waals surface area (Å²) in [5.74, 6) is 0. The number of benzene rings is 6. The maximum absolute atomic E-state index is 4.53. The van der Waals surface area contributed by atoms with Gasteiger partial charge in [-0.3, -0.25) is 0 Å². The van der Waals surface area contributed by atoms with E-state index < -0.39 is 0 Å². The van der Waals surface area contributed by atoms with Crippen LogP contribution in [-0.2, 0) is 0 Å². The Morgan fingerprint density at radius 3 is 1.87 bits per heavy atom. The predicted octanol–water partition coefficient (Wildman–Crippen LogP) is 9.64. The molecule has 0 saturated heterocycles. The highest BCUT2D eigenvalue weighted by Gasteiger charge is 2.24. The Morgan fingerprint density at radius 1 is 0.487 bits per heavy atom. The van der Waals surface area contributed by atoms with E-state index in [1.807, 2.05) is 5.51 Å². The van der Waals surface area contributed by atoms with E-state index in [0.29, 0.717) is 0 Å². The third-order valence-corrected chi connectivity index (χ3v) is 8.82. The summed E-state index contributed by atoms with van der Waals surface area (Å²) in [6.07, 6.45) is 0. The van der Waals surface area contributed by atoms with Crippen LogP contribution >= 0.6 is 11.3 Å². The number of hydrogen-bond acceptors (Lipinski definition) is 2. The molecule has 3 heterocycles. The highest BCUT2D eigenvalue weighted by atomic mass is 32.1. The fourth-order valence-electron chi connectivity index (χ4n) is 6.49. The van der Waals surface area contributed by atoms with Gasteiger partial charge < -0.3 is 9.13 Å². The summed E-state index contributed by atoms with van der Waals surface area (Å²) < 4.78 is 6.11. The van der Waals surface area contributed by atoms with E-state index in [1.165, 1.54) is 64.8 Å². The van der Waals surface area contributed by atoms with Crippen molar-refractivity contribution in [2.24, 2.45) is 0 Å². The van der Waals surface area contributed by atoms with Crippen LogP contribution in [0.5, 0.6) is 0 Å². The van der Waals surface area contributed by atoms with Crippen LogP contribution in [0.25, 0.3) is 76.0 Å². The topological polar surface area (TPSA) is 22.8 Å². The second-order valence-corrected chi connectivity index (χ2v) is 10.9. The van der Waals surface area contributed by atoms with Crippen molar-refractivity contribution < 1.29 is 0 Å². The maximum Gasteiger partial charge on any atom is 0.0813 e. The fourth-order valence-corrected chi connectivity index (χ4v) is 7.20. The number of fused-ring (bicyclic) bond motifs is 11. The van der Waals surface area contributed by atoms with Crippen molar-refractivity contribution >= 4 is 75.9 Å². The Morgan fingerprint density at radius 2 is 1.10 bits per heavy atom. The Hall–Kier alpha value is -4.93. The summed E-state index contributed by atoms with van der Waals surface area (Å²) in [6, 6.07) is 44.0. The summed E-state index contributed by atoms with van der Waals surface area (Å²) >= 11 is 1.69. The molecule has 0 spiro atoms. The molecule has 9 aromatic rings. The van der Waals surface area contributed by atoms with Gasteiger partial charge in [-0.05, 0) is 47.9 Å². The van der Waals surface area contributed by atoms with E-state index >= 15 is 0 Å². The lowest BCUT2D eigenvalue weighted by Crippen LogP contribution is -1.96. The van der Waals surface area contributed by atoms with Crippen LogP contribution in [0, 0.1) is 0 Å². The molecule has 3 aromatic heterocycles. The Bertz CT molecular complexity index is 2390. The number of aromatic nitrogens is 3. The minimum atomic E-state index is 1.04. The zero-order chi connectivity index (χ0) is 25.5. The lowest BCUT2D eigenvalue weighted by atomic mass is 9.99. The van der Waals surface area contributed by atoms with Gasteiger partial charge in [-0.25, -0.2) is 4.98 Å². The van der Waals surface area contributed by atoms with Gasteiger partial charge in [0.25, 0.3) is 0 Å². The summed E-state index contributed by atoms with van der Waals surface area (Å²) in [4.78, 5) is 4.53. The molecule has 0 fully saturated rings. The van der Waals surface area contributed by atoms with Crippen LogP contribution in [0.4, 0.5) is 0 Å². The zero-order valence-corrected chi connectivity index (χ0v) is 21.7. The van der Waals surface area contributed by atoms with Crippen molar-refractivity contribution in [3.8, 4) is 11.4 Å². The monoisotopic (exact) mass is 515 g/mol. The van der Waals surface area contributed by atoms with E-state index in [4.69, 9.17) is 0 Å². The first-order valence-electron chi connectivity index (χ1n) is 13.1. The lowest BCUT2D eigenvalue weighted by molar-refractivity contribution is 1.18. The van der Waals surface area contributed by atoms with E-state index in [1.54, 1.807) is 11.3 Å². The van der Waals surface area contributed by atoms with Crippen molar-refractivity contribution in [3.05, 3.63) is 127 Å². The molecule has 0 amide bonds. The van der Waals surface area contributed by atoms with Crippen LogP contribution < -0.4 is 0 Å². The second kappa shape index (κ2) is 7.79. The zero-order valence-electron chi connectivity index (χ0n) is 20.9. The number of nitrogens with zero attached hydrogens (tertiary/aromatic N) is 3. The fraction of sp³-hybridized carbons (Fsp3) is 0. The lowest BCUT2D eigenvalue weighted by Gasteiger charge is -2.13. The van der Waals surface area contributed by atoms with Gasteiger partial charge in [0.1, 0.15) is 0 Å². The van der Waals surface area contributed by atoms with Gasteiger partial charge in [-0.2, -0.15) is 0 Å². The van der Waals surface area contributed by atoms with Gasteiger partial charge in [0.15, 0.2) is 0 Å². The van der Waals surface area contributed by atoms with E-state index in [2.05, 4.69) is 135 Å². The molecule has 6 aromatic carbocycles. The summed E-state index contributed by atoms with van der Waals surface area (Å²) in [5.41, 5.74) is 10.2. The van der Waals surface area contributed by atoms with Crippen LogP contribution in [0.3, 0.4) is 0 Å². The first kappa shape index (κ1) is 21.1. The molecule has 0 aliphatic rings. The summed E-state index contributed by atoms with van der Waals surface area (Å²) in [7, 11) is 0. The largest absolute Gasteiger partial charge is 0.309 e. The van der Waals surface area contributed by atoms with E-state index in [9.17, 15) is 0 Å². The molecular formula is C35H21N3S. The summed E-state index contributed by atoms with van der Waals surface area (Å²) in [5, 5.41) is 7.65. The number of thiazole rings is 1. The molecule has 0 saturated carbocycles. The second-order valence-electron chi connectivity index (χ2n) is 10.0. The Labute approximate surface area is 227 Å². The molecule has 0 unspecified atom stereocenters. The summed E-state index contributed by atoms with van der Waals surface area (Å²) in [6.45, 7) is 0. The molecule has 0 N–H and O–H groups in total. The van der Waals surface area contributed by atoms with Crippen LogP contribution in [0.2, 0.25) is 0 Å². The molecule has 0 aliphatic carbocycles. The molecule has 39 heavy (non-hydrogen) atoms. The van der Waals surface area contributed by atoms with Crippen LogP contribution in [0.15, 0.2) is 127 Å². The average molecular weight is 516 g/mol. The smallest absolute Gasteiger partial charge is 0.0813 e. The average Bonchev–Trinajstić information content (AvgIpc) is 3.70. The SMILES string of the molecule is c1ccc(-n2c3ccccc3c3c4ccccc4c4c(c5ccccc5n4-c4ccc5ncsc5c4)c32)cc1. The predicted molar refractivity (Wildman–Crippen MR) is 166 cm³/mol. The molecule has 0 atom stereocenters. The number of para-hydroxylation sites is 3. The Kier molecular flexibility index (Phi) is 4.21. The third kappa shape index (κ3) is 2.78. The van der Waals surface area contributed by atoms with Gasteiger partial charge in [-0.1, -0.05) is 78.9 Å². The minimum Gasteiger partial charge on any atom is -0.309 e. The molecule has 182 valence electrons. The third-order valence-electron chi connectivity index (χ3n) is 8.03. The Balaban J connectivity index is 1.62. The van der Waals surface area contributed by atoms with E-state index in [-0.39, 0.29) is 0 Å².